The van der Waals surface area contributed by atoms with Gasteiger partial charge in [0.1, 0.15) is 6.10 Å². The van der Waals surface area contributed by atoms with Crippen molar-refractivity contribution in [3.63, 3.8) is 0 Å². The topological polar surface area (TPSA) is 83.2 Å². The lowest BCUT2D eigenvalue weighted by atomic mass is 10.2. The zero-order valence-electron chi connectivity index (χ0n) is 14.6. The summed E-state index contributed by atoms with van der Waals surface area (Å²) in [5, 5.41) is 3.13. The van der Waals surface area contributed by atoms with E-state index in [9.17, 15) is 4.79 Å². The predicted molar refractivity (Wildman–Crippen MR) is 91.4 cm³/mol. The molecule has 1 amide bonds. The maximum atomic E-state index is 11.9. The number of amides is 1. The second kappa shape index (κ2) is 8.49. The molecule has 2 aliphatic rings. The summed E-state index contributed by atoms with van der Waals surface area (Å²) in [6, 6.07) is 0.519. The molecule has 2 fully saturated rings. The Kier molecular flexibility index (Phi) is 6.65. The normalized spacial score (nSPS) is 29.0. The number of carbonyl (C=O) groups excluding carboxylic acids is 1. The van der Waals surface area contributed by atoms with Gasteiger partial charge < -0.3 is 20.7 Å². The van der Waals surface area contributed by atoms with E-state index in [0.29, 0.717) is 18.5 Å². The Labute approximate surface area is 139 Å². The molecular weight excluding hydrogens is 294 g/mol. The molecule has 0 saturated carbocycles. The molecule has 3 N–H and O–H groups in total. The maximum Gasteiger partial charge on any atom is 0.251 e. The minimum absolute atomic E-state index is 0.0243. The minimum atomic E-state index is -0.313. The van der Waals surface area contributed by atoms with E-state index in [1.807, 2.05) is 0 Å². The lowest BCUT2D eigenvalue weighted by Crippen LogP contribution is -2.40. The summed E-state index contributed by atoms with van der Waals surface area (Å²) in [6.45, 7) is 5.78. The van der Waals surface area contributed by atoms with Crippen molar-refractivity contribution in [1.82, 2.24) is 15.1 Å². The van der Waals surface area contributed by atoms with Crippen molar-refractivity contribution in [2.45, 2.75) is 50.9 Å². The van der Waals surface area contributed by atoms with Gasteiger partial charge in [-0.15, -0.1) is 0 Å². The van der Waals surface area contributed by atoms with E-state index in [1.54, 1.807) is 19.0 Å². The van der Waals surface area contributed by atoms with Crippen LogP contribution in [0.1, 0.15) is 32.6 Å². The van der Waals surface area contributed by atoms with Gasteiger partial charge in [0.15, 0.2) is 5.96 Å². The third-order valence-corrected chi connectivity index (χ3v) is 4.71. The third kappa shape index (κ3) is 5.07. The molecule has 0 radical (unpaired) electrons. The molecule has 0 aliphatic carbocycles. The third-order valence-electron chi connectivity index (χ3n) is 4.71. The van der Waals surface area contributed by atoms with Gasteiger partial charge in [0.25, 0.3) is 5.91 Å². The fraction of sp³-hybridized carbons (Fsp3) is 0.875. The number of likely N-dealkylation sites (tertiary alicyclic amines) is 1. The number of hydrogen-bond acceptors (Lipinski definition) is 4. The second-order valence-corrected chi connectivity index (χ2v) is 6.59. The first-order valence-corrected chi connectivity index (χ1v) is 8.65. The number of carbonyl (C=O) groups is 1. The van der Waals surface area contributed by atoms with Crippen LogP contribution >= 0.6 is 0 Å². The zero-order valence-corrected chi connectivity index (χ0v) is 14.6. The van der Waals surface area contributed by atoms with Crippen molar-refractivity contribution < 1.29 is 9.53 Å². The van der Waals surface area contributed by atoms with Gasteiger partial charge in [-0.2, -0.15) is 0 Å². The fourth-order valence-corrected chi connectivity index (χ4v) is 3.32. The van der Waals surface area contributed by atoms with Crippen LogP contribution < -0.4 is 11.1 Å². The number of hydrogen-bond donors (Lipinski definition) is 2. The lowest BCUT2D eigenvalue weighted by molar-refractivity contribution is -0.140. The molecule has 23 heavy (non-hydrogen) atoms. The van der Waals surface area contributed by atoms with Gasteiger partial charge in [0.2, 0.25) is 0 Å². The molecule has 7 heteroatoms. The maximum absolute atomic E-state index is 11.9. The van der Waals surface area contributed by atoms with E-state index in [0.717, 1.165) is 25.9 Å². The molecule has 2 rings (SSSR count). The monoisotopic (exact) mass is 325 g/mol. The highest BCUT2D eigenvalue weighted by Gasteiger charge is 2.31. The van der Waals surface area contributed by atoms with E-state index in [4.69, 9.17) is 10.5 Å². The molecule has 2 saturated heterocycles. The largest absolute Gasteiger partial charge is 0.370 e. The molecule has 2 aliphatic heterocycles. The Morgan fingerprint density at radius 1 is 1.39 bits per heavy atom. The first-order valence-electron chi connectivity index (χ1n) is 8.65. The Balaban J connectivity index is 1.69. The number of rotatable bonds is 6. The standard InChI is InChI=1S/C16H31N5O2/c1-4-21-9-5-6-12(21)10-18-16(17)19-11-13-7-8-14(23-13)15(22)20(2)3/h12-14H,4-11H2,1-3H3,(H3,17,18,19). The first-order chi connectivity index (χ1) is 11.0. The van der Waals surface area contributed by atoms with Crippen molar-refractivity contribution in [2.75, 3.05) is 40.3 Å². The molecular formula is C16H31N5O2. The number of nitrogens with zero attached hydrogens (tertiary/aromatic N) is 3. The molecule has 2 heterocycles. The predicted octanol–water partition coefficient (Wildman–Crippen LogP) is 0.0108. The zero-order chi connectivity index (χ0) is 16.8. The summed E-state index contributed by atoms with van der Waals surface area (Å²) in [7, 11) is 3.51. The van der Waals surface area contributed by atoms with E-state index in [-0.39, 0.29) is 18.1 Å². The molecule has 3 unspecified atom stereocenters. The SMILES string of the molecule is CCN1CCCC1CN=C(N)NCC1CCC(C(=O)N(C)C)O1. The van der Waals surface area contributed by atoms with Crippen LogP contribution in [0.15, 0.2) is 4.99 Å². The molecule has 132 valence electrons. The highest BCUT2D eigenvalue weighted by molar-refractivity contribution is 5.80. The summed E-state index contributed by atoms with van der Waals surface area (Å²) < 4.78 is 5.77. The molecule has 0 aromatic carbocycles. The number of aliphatic imine (C=N–C) groups is 1. The second-order valence-electron chi connectivity index (χ2n) is 6.59. The Hall–Kier alpha value is -1.34. The van der Waals surface area contributed by atoms with Crippen LogP contribution in [-0.4, -0.2) is 80.2 Å². The fourth-order valence-electron chi connectivity index (χ4n) is 3.32. The van der Waals surface area contributed by atoms with E-state index in [1.165, 1.54) is 19.4 Å². The van der Waals surface area contributed by atoms with Crippen molar-refractivity contribution in [1.29, 1.82) is 0 Å². The minimum Gasteiger partial charge on any atom is -0.370 e. The van der Waals surface area contributed by atoms with E-state index in [2.05, 4.69) is 22.1 Å². The van der Waals surface area contributed by atoms with Crippen molar-refractivity contribution >= 4 is 11.9 Å². The van der Waals surface area contributed by atoms with Crippen LogP contribution in [0.25, 0.3) is 0 Å². The van der Waals surface area contributed by atoms with Crippen LogP contribution in [0, 0.1) is 0 Å². The molecule has 0 bridgehead atoms. The van der Waals surface area contributed by atoms with E-state index < -0.39 is 0 Å². The number of guanidine groups is 1. The number of likely N-dealkylation sites (N-methyl/N-ethyl adjacent to an activating group) is 2. The van der Waals surface area contributed by atoms with Crippen molar-refractivity contribution in [2.24, 2.45) is 10.7 Å². The Bertz CT molecular complexity index is 427. The van der Waals surface area contributed by atoms with Gasteiger partial charge in [-0.05, 0) is 38.8 Å². The highest BCUT2D eigenvalue weighted by Crippen LogP contribution is 2.20. The van der Waals surface area contributed by atoms with Gasteiger partial charge >= 0.3 is 0 Å². The summed E-state index contributed by atoms with van der Waals surface area (Å²) >= 11 is 0. The van der Waals surface area contributed by atoms with Gasteiger partial charge in [0.05, 0.1) is 12.6 Å². The summed E-state index contributed by atoms with van der Waals surface area (Å²) in [5.41, 5.74) is 5.95. The van der Waals surface area contributed by atoms with E-state index >= 15 is 0 Å². The average Bonchev–Trinajstić information content (AvgIpc) is 3.18. The molecule has 0 aromatic heterocycles. The van der Waals surface area contributed by atoms with Gasteiger partial charge in [0, 0.05) is 26.7 Å². The summed E-state index contributed by atoms with van der Waals surface area (Å²) in [5.74, 6) is 0.508. The first kappa shape index (κ1) is 18.0. The number of nitrogens with two attached hydrogens (primary N) is 1. The average molecular weight is 325 g/mol. The quantitative estimate of drug-likeness (QED) is 0.531. The van der Waals surface area contributed by atoms with Crippen molar-refractivity contribution in [3.05, 3.63) is 0 Å². The van der Waals surface area contributed by atoms with Crippen LogP contribution in [0.3, 0.4) is 0 Å². The van der Waals surface area contributed by atoms with Gasteiger partial charge in [-0.25, -0.2) is 0 Å². The van der Waals surface area contributed by atoms with Gasteiger partial charge in [-0.3, -0.25) is 14.7 Å². The molecule has 0 aromatic rings. The highest BCUT2D eigenvalue weighted by atomic mass is 16.5. The van der Waals surface area contributed by atoms with Crippen LogP contribution in [0.5, 0.6) is 0 Å². The van der Waals surface area contributed by atoms with Gasteiger partial charge in [-0.1, -0.05) is 6.92 Å². The Morgan fingerprint density at radius 2 is 2.17 bits per heavy atom. The smallest absolute Gasteiger partial charge is 0.251 e. The molecule has 3 atom stereocenters. The summed E-state index contributed by atoms with van der Waals surface area (Å²) in [4.78, 5) is 20.4. The molecule has 7 nitrogen and oxygen atoms in total. The van der Waals surface area contributed by atoms with Crippen LogP contribution in [-0.2, 0) is 9.53 Å². The number of nitrogens with one attached hydrogen (secondary N) is 1. The summed E-state index contributed by atoms with van der Waals surface area (Å²) in [6.07, 6.45) is 3.80. The molecule has 0 spiro atoms. The van der Waals surface area contributed by atoms with Crippen LogP contribution in [0.2, 0.25) is 0 Å². The van der Waals surface area contributed by atoms with Crippen LogP contribution in [0.4, 0.5) is 0 Å². The number of ether oxygens (including phenoxy) is 1. The van der Waals surface area contributed by atoms with Crippen molar-refractivity contribution in [3.8, 4) is 0 Å². The lowest BCUT2D eigenvalue weighted by Gasteiger charge is -2.21. The Morgan fingerprint density at radius 3 is 2.87 bits per heavy atom.